The number of carbonyl (C=O) groups is 1. The van der Waals surface area contributed by atoms with Crippen molar-refractivity contribution in [2.24, 2.45) is 0 Å². The highest BCUT2D eigenvalue weighted by Crippen LogP contribution is 2.37. The average Bonchev–Trinajstić information content (AvgIpc) is 2.67. The van der Waals surface area contributed by atoms with Crippen LogP contribution in [0.3, 0.4) is 0 Å². The number of carbonyl (C=O) groups excluding carboxylic acids is 1. The van der Waals surface area contributed by atoms with Gasteiger partial charge >= 0.3 is 0 Å². The minimum Gasteiger partial charge on any atom is -0.496 e. The van der Waals surface area contributed by atoms with E-state index >= 15 is 0 Å². The van der Waals surface area contributed by atoms with Crippen LogP contribution in [0.25, 0.3) is 11.1 Å². The molecule has 0 aliphatic carbocycles. The SMILES string of the molecule is COc1ccccc1-c1cccc2c1COCC(=O)N2C. The zero-order valence-electron chi connectivity index (χ0n) is 12.1. The summed E-state index contributed by atoms with van der Waals surface area (Å²) in [5.74, 6) is 0.773. The molecule has 2 aromatic carbocycles. The number of benzene rings is 2. The van der Waals surface area contributed by atoms with Gasteiger partial charge in [-0.3, -0.25) is 4.79 Å². The van der Waals surface area contributed by atoms with Crippen LogP contribution in [0, 0.1) is 0 Å². The third-order valence-electron chi connectivity index (χ3n) is 3.76. The quantitative estimate of drug-likeness (QED) is 0.850. The molecule has 0 radical (unpaired) electrons. The number of likely N-dealkylation sites (N-methyl/N-ethyl adjacent to an activating group) is 1. The summed E-state index contributed by atoms with van der Waals surface area (Å²) < 4.78 is 11.0. The predicted molar refractivity (Wildman–Crippen MR) is 81.5 cm³/mol. The maximum atomic E-state index is 11.9. The smallest absolute Gasteiger partial charge is 0.252 e. The second-order valence-corrected chi connectivity index (χ2v) is 4.95. The van der Waals surface area contributed by atoms with Crippen LogP contribution in [0.15, 0.2) is 42.5 Å². The van der Waals surface area contributed by atoms with E-state index in [0.717, 1.165) is 28.1 Å². The minimum atomic E-state index is -0.0362. The molecule has 21 heavy (non-hydrogen) atoms. The number of methoxy groups -OCH3 is 1. The molecule has 1 aliphatic rings. The van der Waals surface area contributed by atoms with Crippen molar-refractivity contribution in [3.8, 4) is 16.9 Å². The van der Waals surface area contributed by atoms with Gasteiger partial charge in [-0.1, -0.05) is 30.3 Å². The maximum absolute atomic E-state index is 11.9. The number of hydrogen-bond acceptors (Lipinski definition) is 3. The Morgan fingerprint density at radius 2 is 1.81 bits per heavy atom. The zero-order valence-corrected chi connectivity index (χ0v) is 12.1. The third kappa shape index (κ3) is 2.38. The Kier molecular flexibility index (Phi) is 3.62. The van der Waals surface area contributed by atoms with E-state index in [1.54, 1.807) is 19.1 Å². The Hall–Kier alpha value is -2.33. The summed E-state index contributed by atoms with van der Waals surface area (Å²) in [6.45, 7) is 0.524. The van der Waals surface area contributed by atoms with Gasteiger partial charge in [-0.25, -0.2) is 0 Å². The summed E-state index contributed by atoms with van der Waals surface area (Å²) in [5, 5.41) is 0. The molecule has 0 bridgehead atoms. The molecule has 4 heteroatoms. The Morgan fingerprint density at radius 3 is 2.62 bits per heavy atom. The van der Waals surface area contributed by atoms with Crippen molar-refractivity contribution in [3.63, 3.8) is 0 Å². The first-order valence-corrected chi connectivity index (χ1v) is 6.82. The molecule has 1 aliphatic heterocycles. The molecule has 108 valence electrons. The molecule has 0 aromatic heterocycles. The van der Waals surface area contributed by atoms with Crippen molar-refractivity contribution in [2.45, 2.75) is 6.61 Å². The van der Waals surface area contributed by atoms with Gasteiger partial charge in [-0.2, -0.15) is 0 Å². The molecule has 4 nitrogen and oxygen atoms in total. The van der Waals surface area contributed by atoms with E-state index in [4.69, 9.17) is 9.47 Å². The van der Waals surface area contributed by atoms with Gasteiger partial charge in [0.15, 0.2) is 0 Å². The number of fused-ring (bicyclic) bond motifs is 1. The summed E-state index contributed by atoms with van der Waals surface area (Å²) in [7, 11) is 3.44. The topological polar surface area (TPSA) is 38.8 Å². The summed E-state index contributed by atoms with van der Waals surface area (Å²) in [5.41, 5.74) is 3.94. The molecule has 1 amide bonds. The van der Waals surface area contributed by atoms with Crippen LogP contribution < -0.4 is 9.64 Å². The summed E-state index contributed by atoms with van der Waals surface area (Å²) in [6.07, 6.45) is 0. The van der Waals surface area contributed by atoms with Crippen molar-refractivity contribution in [1.29, 1.82) is 0 Å². The van der Waals surface area contributed by atoms with Gasteiger partial charge in [0.2, 0.25) is 0 Å². The Morgan fingerprint density at radius 1 is 1.05 bits per heavy atom. The average molecular weight is 283 g/mol. The lowest BCUT2D eigenvalue weighted by molar-refractivity contribution is -0.122. The van der Waals surface area contributed by atoms with Crippen LogP contribution >= 0.6 is 0 Å². The molecule has 3 rings (SSSR count). The summed E-state index contributed by atoms with van der Waals surface area (Å²) >= 11 is 0. The van der Waals surface area contributed by atoms with Gasteiger partial charge in [0.1, 0.15) is 12.4 Å². The molecular weight excluding hydrogens is 266 g/mol. The van der Waals surface area contributed by atoms with Gasteiger partial charge in [-0.05, 0) is 17.7 Å². The second kappa shape index (κ2) is 5.58. The van der Waals surface area contributed by atoms with Gasteiger partial charge in [0, 0.05) is 23.9 Å². The van der Waals surface area contributed by atoms with E-state index in [0.29, 0.717) is 6.61 Å². The zero-order chi connectivity index (χ0) is 14.8. The number of amides is 1. The lowest BCUT2D eigenvalue weighted by atomic mass is 9.97. The predicted octanol–water partition coefficient (Wildman–Crippen LogP) is 2.86. The molecule has 0 N–H and O–H groups in total. The van der Waals surface area contributed by atoms with E-state index in [9.17, 15) is 4.79 Å². The minimum absolute atomic E-state index is 0.0362. The van der Waals surface area contributed by atoms with Crippen LogP contribution in [0.4, 0.5) is 5.69 Å². The van der Waals surface area contributed by atoms with Crippen LogP contribution in [0.5, 0.6) is 5.75 Å². The van der Waals surface area contributed by atoms with E-state index in [2.05, 4.69) is 0 Å². The normalized spacial score (nSPS) is 14.6. The van der Waals surface area contributed by atoms with Crippen LogP contribution in [-0.4, -0.2) is 26.7 Å². The first-order chi connectivity index (χ1) is 10.2. The Balaban J connectivity index is 2.19. The molecular formula is C17H17NO3. The highest BCUT2D eigenvalue weighted by atomic mass is 16.5. The first-order valence-electron chi connectivity index (χ1n) is 6.82. The fourth-order valence-corrected chi connectivity index (χ4v) is 2.63. The van der Waals surface area contributed by atoms with Crippen LogP contribution in [0.2, 0.25) is 0 Å². The summed E-state index contributed by atoms with van der Waals surface area (Å²) in [6, 6.07) is 13.8. The number of nitrogens with zero attached hydrogens (tertiary/aromatic N) is 1. The van der Waals surface area contributed by atoms with E-state index in [-0.39, 0.29) is 12.5 Å². The van der Waals surface area contributed by atoms with Crippen LogP contribution in [0.1, 0.15) is 5.56 Å². The molecule has 0 saturated heterocycles. The molecule has 2 aromatic rings. The van der Waals surface area contributed by atoms with Crippen molar-refractivity contribution in [3.05, 3.63) is 48.0 Å². The van der Waals surface area contributed by atoms with E-state index < -0.39 is 0 Å². The first kappa shape index (κ1) is 13.6. The molecule has 0 atom stereocenters. The monoisotopic (exact) mass is 283 g/mol. The van der Waals surface area contributed by atoms with Gasteiger partial charge in [0.25, 0.3) is 5.91 Å². The standard InChI is InChI=1S/C17H17NO3/c1-18-15-8-5-7-12(14(15)10-21-11-17(18)19)13-6-3-4-9-16(13)20-2/h3-9H,10-11H2,1-2H3. The van der Waals surface area contributed by atoms with Gasteiger partial charge in [0.05, 0.1) is 13.7 Å². The van der Waals surface area contributed by atoms with E-state index in [1.165, 1.54) is 0 Å². The van der Waals surface area contributed by atoms with Crippen molar-refractivity contribution < 1.29 is 14.3 Å². The van der Waals surface area contributed by atoms with Crippen LogP contribution in [-0.2, 0) is 16.1 Å². The number of rotatable bonds is 2. The third-order valence-corrected chi connectivity index (χ3v) is 3.76. The largest absolute Gasteiger partial charge is 0.496 e. The number of hydrogen-bond donors (Lipinski definition) is 0. The van der Waals surface area contributed by atoms with Gasteiger partial charge in [-0.15, -0.1) is 0 Å². The molecule has 0 spiro atoms. The maximum Gasteiger partial charge on any atom is 0.252 e. The number of ether oxygens (including phenoxy) is 2. The highest BCUT2D eigenvalue weighted by Gasteiger charge is 2.22. The second-order valence-electron chi connectivity index (χ2n) is 4.95. The highest BCUT2D eigenvalue weighted by molar-refractivity contribution is 5.96. The van der Waals surface area contributed by atoms with Crippen molar-refractivity contribution >= 4 is 11.6 Å². The fourth-order valence-electron chi connectivity index (χ4n) is 2.63. The molecule has 0 fully saturated rings. The summed E-state index contributed by atoms with van der Waals surface area (Å²) in [4.78, 5) is 13.6. The molecule has 1 heterocycles. The lowest BCUT2D eigenvalue weighted by Gasteiger charge is -2.19. The Labute approximate surface area is 123 Å². The molecule has 0 saturated carbocycles. The number of anilines is 1. The van der Waals surface area contributed by atoms with Crippen molar-refractivity contribution in [2.75, 3.05) is 25.7 Å². The Bertz CT molecular complexity index is 681. The van der Waals surface area contributed by atoms with Gasteiger partial charge < -0.3 is 14.4 Å². The number of para-hydroxylation sites is 1. The van der Waals surface area contributed by atoms with E-state index in [1.807, 2.05) is 42.5 Å². The lowest BCUT2D eigenvalue weighted by Crippen LogP contribution is -2.28. The van der Waals surface area contributed by atoms with Crippen molar-refractivity contribution in [1.82, 2.24) is 0 Å². The molecule has 0 unspecified atom stereocenters. The fraction of sp³-hybridized carbons (Fsp3) is 0.235.